The molecule has 2 rings (SSSR count). The third kappa shape index (κ3) is 1.48. The number of aryl methyl sites for hydroxylation is 1. The van der Waals surface area contributed by atoms with Gasteiger partial charge in [0.1, 0.15) is 0 Å². The maximum atomic E-state index is 11.7. The number of aromatic nitrogens is 3. The topological polar surface area (TPSA) is 77.0 Å². The van der Waals surface area contributed by atoms with E-state index in [1.165, 1.54) is 0 Å². The number of rotatable bonds is 1. The molecule has 0 unspecified atom stereocenters. The Labute approximate surface area is 81.7 Å². The Hall–Kier alpha value is -1.43. The summed E-state index contributed by atoms with van der Waals surface area (Å²) in [5, 5.41) is 7.67. The van der Waals surface area contributed by atoms with Crippen molar-refractivity contribution in [1.82, 2.24) is 15.0 Å². The first-order valence-electron chi connectivity index (χ1n) is 4.62. The van der Waals surface area contributed by atoms with Gasteiger partial charge in [0, 0.05) is 13.6 Å². The summed E-state index contributed by atoms with van der Waals surface area (Å²) in [6, 6.07) is -0.384. The largest absolute Gasteiger partial charge is 0.320 e. The summed E-state index contributed by atoms with van der Waals surface area (Å²) in [5.41, 5.74) is 5.67. The van der Waals surface area contributed by atoms with Crippen LogP contribution in [0.3, 0.4) is 0 Å². The summed E-state index contributed by atoms with van der Waals surface area (Å²) in [6.07, 6.45) is 3.40. The van der Waals surface area contributed by atoms with Crippen molar-refractivity contribution in [3.63, 3.8) is 0 Å². The fraction of sp³-hybridized carbons (Fsp3) is 0.625. The number of hydrogen-bond acceptors (Lipinski definition) is 4. The van der Waals surface area contributed by atoms with Crippen LogP contribution in [0.4, 0.5) is 5.82 Å². The Kier molecular flexibility index (Phi) is 2.20. The number of carbonyl (C=O) groups is 1. The number of anilines is 1. The summed E-state index contributed by atoms with van der Waals surface area (Å²) < 4.78 is 1.57. The summed E-state index contributed by atoms with van der Waals surface area (Å²) in [5.74, 6) is 0.532. The normalized spacial score (nSPS) is 22.9. The zero-order valence-corrected chi connectivity index (χ0v) is 8.05. The van der Waals surface area contributed by atoms with Crippen LogP contribution in [-0.2, 0) is 11.8 Å². The van der Waals surface area contributed by atoms with Crippen LogP contribution >= 0.6 is 0 Å². The van der Waals surface area contributed by atoms with Crippen molar-refractivity contribution < 1.29 is 4.79 Å². The average molecular weight is 195 g/mol. The molecule has 6 nitrogen and oxygen atoms in total. The monoisotopic (exact) mass is 195 g/mol. The number of amides is 1. The molecule has 14 heavy (non-hydrogen) atoms. The first-order chi connectivity index (χ1) is 6.68. The van der Waals surface area contributed by atoms with Gasteiger partial charge in [0.05, 0.1) is 12.2 Å². The molecule has 0 radical (unpaired) electrons. The number of nitrogens with two attached hydrogens (primary N) is 1. The van der Waals surface area contributed by atoms with Gasteiger partial charge >= 0.3 is 0 Å². The highest BCUT2D eigenvalue weighted by molar-refractivity contribution is 5.96. The van der Waals surface area contributed by atoms with E-state index < -0.39 is 0 Å². The van der Waals surface area contributed by atoms with Crippen LogP contribution in [-0.4, -0.2) is 33.5 Å². The Bertz CT molecular complexity index is 347. The molecular weight excluding hydrogens is 182 g/mol. The lowest BCUT2D eigenvalue weighted by Gasteiger charge is -2.28. The van der Waals surface area contributed by atoms with E-state index in [1.54, 1.807) is 22.8 Å². The summed E-state index contributed by atoms with van der Waals surface area (Å²) in [6.45, 7) is 0.686. The van der Waals surface area contributed by atoms with Gasteiger partial charge < -0.3 is 5.73 Å². The van der Waals surface area contributed by atoms with Gasteiger partial charge in [-0.1, -0.05) is 5.21 Å². The molecule has 6 heteroatoms. The van der Waals surface area contributed by atoms with Gasteiger partial charge in [-0.2, -0.15) is 0 Å². The van der Waals surface area contributed by atoms with Crippen LogP contribution in [0.1, 0.15) is 12.8 Å². The van der Waals surface area contributed by atoms with E-state index in [1.807, 2.05) is 0 Å². The van der Waals surface area contributed by atoms with Crippen molar-refractivity contribution in [3.05, 3.63) is 6.20 Å². The molecule has 2 heterocycles. The van der Waals surface area contributed by atoms with Gasteiger partial charge in [0.15, 0.2) is 5.82 Å². The lowest BCUT2D eigenvalue weighted by atomic mass is 10.1. The first-order valence-corrected chi connectivity index (χ1v) is 4.62. The molecule has 2 N–H and O–H groups in total. The lowest BCUT2D eigenvalue weighted by molar-refractivity contribution is -0.120. The molecular formula is C8H13N5O. The number of piperidine rings is 1. The molecule has 1 fully saturated rings. The predicted molar refractivity (Wildman–Crippen MR) is 50.6 cm³/mol. The molecule has 1 saturated heterocycles. The van der Waals surface area contributed by atoms with Gasteiger partial charge in [-0.05, 0) is 12.8 Å². The third-order valence-corrected chi connectivity index (χ3v) is 2.35. The van der Waals surface area contributed by atoms with Gasteiger partial charge in [0.25, 0.3) is 0 Å². The van der Waals surface area contributed by atoms with Gasteiger partial charge in [0.2, 0.25) is 5.91 Å². The molecule has 1 aromatic heterocycles. The standard InChI is InChI=1S/C8H13N5O/c1-12-5-7(10-11-12)13-4-2-3-6(9)8(13)14/h5-6H,2-4,9H2,1H3/t6-/m1/s1. The van der Waals surface area contributed by atoms with E-state index in [0.29, 0.717) is 12.4 Å². The van der Waals surface area contributed by atoms with E-state index >= 15 is 0 Å². The fourth-order valence-electron chi connectivity index (χ4n) is 1.59. The molecule has 0 bridgehead atoms. The zero-order valence-electron chi connectivity index (χ0n) is 8.05. The molecule has 0 spiro atoms. The summed E-state index contributed by atoms with van der Waals surface area (Å²) in [7, 11) is 1.77. The second-order valence-corrected chi connectivity index (χ2v) is 3.49. The number of carbonyl (C=O) groups excluding carboxylic acids is 1. The van der Waals surface area contributed by atoms with Crippen LogP contribution in [0.2, 0.25) is 0 Å². The van der Waals surface area contributed by atoms with Crippen molar-refractivity contribution in [2.75, 3.05) is 11.4 Å². The highest BCUT2D eigenvalue weighted by atomic mass is 16.2. The summed E-state index contributed by atoms with van der Waals surface area (Å²) in [4.78, 5) is 13.3. The zero-order chi connectivity index (χ0) is 10.1. The van der Waals surface area contributed by atoms with Crippen molar-refractivity contribution in [3.8, 4) is 0 Å². The van der Waals surface area contributed by atoms with Crippen molar-refractivity contribution in [2.45, 2.75) is 18.9 Å². The predicted octanol–water partition coefficient (Wildman–Crippen LogP) is -0.731. The quantitative estimate of drug-likeness (QED) is 0.641. The van der Waals surface area contributed by atoms with Gasteiger partial charge in [-0.25, -0.2) is 0 Å². The summed E-state index contributed by atoms with van der Waals surface area (Å²) >= 11 is 0. The molecule has 1 aromatic rings. The molecule has 76 valence electrons. The first kappa shape index (κ1) is 9.14. The minimum absolute atomic E-state index is 0.0586. The molecule has 1 aliphatic heterocycles. The highest BCUT2D eigenvalue weighted by Crippen LogP contribution is 2.16. The second kappa shape index (κ2) is 3.38. The average Bonchev–Trinajstić information content (AvgIpc) is 2.57. The molecule has 1 amide bonds. The Balaban J connectivity index is 2.21. The Morgan fingerprint density at radius 2 is 2.43 bits per heavy atom. The van der Waals surface area contributed by atoms with Crippen molar-refractivity contribution in [2.24, 2.45) is 12.8 Å². The maximum absolute atomic E-state index is 11.7. The Morgan fingerprint density at radius 3 is 3.07 bits per heavy atom. The minimum atomic E-state index is -0.384. The van der Waals surface area contributed by atoms with E-state index in [-0.39, 0.29) is 11.9 Å². The van der Waals surface area contributed by atoms with E-state index in [2.05, 4.69) is 10.3 Å². The minimum Gasteiger partial charge on any atom is -0.320 e. The number of hydrogen-bond donors (Lipinski definition) is 1. The van der Waals surface area contributed by atoms with Crippen molar-refractivity contribution in [1.29, 1.82) is 0 Å². The van der Waals surface area contributed by atoms with E-state index in [4.69, 9.17) is 5.73 Å². The smallest absolute Gasteiger partial charge is 0.245 e. The van der Waals surface area contributed by atoms with Crippen LogP contribution in [0.25, 0.3) is 0 Å². The third-order valence-electron chi connectivity index (χ3n) is 2.35. The van der Waals surface area contributed by atoms with Gasteiger partial charge in [-0.15, -0.1) is 5.10 Å². The fourth-order valence-corrected chi connectivity index (χ4v) is 1.59. The molecule has 0 aromatic carbocycles. The van der Waals surface area contributed by atoms with Crippen LogP contribution < -0.4 is 10.6 Å². The maximum Gasteiger partial charge on any atom is 0.245 e. The second-order valence-electron chi connectivity index (χ2n) is 3.49. The van der Waals surface area contributed by atoms with Gasteiger partial charge in [-0.3, -0.25) is 14.4 Å². The SMILES string of the molecule is Cn1cc(N2CCC[C@@H](N)C2=O)nn1. The molecule has 1 atom stereocenters. The van der Waals surface area contributed by atoms with Crippen LogP contribution in [0.5, 0.6) is 0 Å². The lowest BCUT2D eigenvalue weighted by Crippen LogP contribution is -2.48. The van der Waals surface area contributed by atoms with Crippen LogP contribution in [0, 0.1) is 0 Å². The molecule has 0 aliphatic carbocycles. The Morgan fingerprint density at radius 1 is 1.64 bits per heavy atom. The van der Waals surface area contributed by atoms with E-state index in [9.17, 15) is 4.79 Å². The number of nitrogens with zero attached hydrogens (tertiary/aromatic N) is 4. The van der Waals surface area contributed by atoms with Crippen LogP contribution in [0.15, 0.2) is 6.20 Å². The molecule has 0 saturated carbocycles. The van der Waals surface area contributed by atoms with Crippen molar-refractivity contribution >= 4 is 11.7 Å². The highest BCUT2D eigenvalue weighted by Gasteiger charge is 2.28. The van der Waals surface area contributed by atoms with E-state index in [0.717, 1.165) is 12.8 Å². The molecule has 1 aliphatic rings.